The first-order valence-corrected chi connectivity index (χ1v) is 14.2. The largest absolute Gasteiger partial charge is 0.309 e. The van der Waals surface area contributed by atoms with Crippen LogP contribution in [0.1, 0.15) is 0 Å². The summed E-state index contributed by atoms with van der Waals surface area (Å²) in [6, 6.07) is 40.4. The third-order valence-electron chi connectivity index (χ3n) is 7.88. The van der Waals surface area contributed by atoms with Gasteiger partial charge < -0.3 is 4.57 Å². The van der Waals surface area contributed by atoms with Crippen LogP contribution in [0.15, 0.2) is 152 Å². The first-order valence-electron chi connectivity index (χ1n) is 14.2. The molecule has 0 unspecified atom stereocenters. The summed E-state index contributed by atoms with van der Waals surface area (Å²) in [5, 5.41) is 2.39. The highest BCUT2D eigenvalue weighted by Crippen LogP contribution is 2.37. The molecule has 0 radical (unpaired) electrons. The summed E-state index contributed by atoms with van der Waals surface area (Å²) < 4.78 is 2.35. The Hall–Kier alpha value is -5.94. The van der Waals surface area contributed by atoms with Crippen LogP contribution in [0.5, 0.6) is 0 Å². The van der Waals surface area contributed by atoms with Crippen molar-refractivity contribution in [1.82, 2.24) is 24.5 Å². The molecule has 0 spiro atoms. The first kappa shape index (κ1) is 24.8. The van der Waals surface area contributed by atoms with E-state index in [1.165, 1.54) is 10.8 Å². The molecule has 0 aliphatic carbocycles. The molecule has 0 bridgehead atoms. The molecular formula is C38H25N5. The summed E-state index contributed by atoms with van der Waals surface area (Å²) >= 11 is 0. The second kappa shape index (κ2) is 10.5. The molecule has 5 nitrogen and oxygen atoms in total. The summed E-state index contributed by atoms with van der Waals surface area (Å²) in [5.41, 5.74) is 11.8. The lowest BCUT2D eigenvalue weighted by Crippen LogP contribution is -1.93. The van der Waals surface area contributed by atoms with Gasteiger partial charge in [-0.3, -0.25) is 19.9 Å². The molecule has 0 amide bonds. The van der Waals surface area contributed by atoms with Crippen LogP contribution in [-0.2, 0) is 0 Å². The maximum atomic E-state index is 4.61. The summed E-state index contributed by atoms with van der Waals surface area (Å²) in [5.74, 6) is 0. The van der Waals surface area contributed by atoms with Crippen molar-refractivity contribution in [2.45, 2.75) is 0 Å². The van der Waals surface area contributed by atoms with E-state index in [-0.39, 0.29) is 0 Å². The molecule has 0 saturated carbocycles. The molecule has 0 atom stereocenters. The molecule has 0 N–H and O–H groups in total. The Bertz CT molecular complexity index is 2080. The second-order valence-corrected chi connectivity index (χ2v) is 10.5. The van der Waals surface area contributed by atoms with Gasteiger partial charge in [0.1, 0.15) is 0 Å². The topological polar surface area (TPSA) is 56.5 Å². The molecule has 0 aliphatic heterocycles. The average Bonchev–Trinajstić information content (AvgIpc) is 3.42. The minimum Gasteiger partial charge on any atom is -0.309 e. The standard InChI is InChI=1S/C38H25N5/c1-2-8-32(9-3-1)43-37-12-10-26(28-14-18-41-35(22-28)30-6-4-16-39-24-30)20-33(37)34-21-27(11-13-38(34)43)29-15-19-42-36(23-29)31-7-5-17-40-25-31/h1-25H. The van der Waals surface area contributed by atoms with E-state index in [2.05, 4.69) is 115 Å². The van der Waals surface area contributed by atoms with Crippen LogP contribution in [0.25, 0.3) is 72.3 Å². The number of nitrogens with zero attached hydrogens (tertiary/aromatic N) is 5. The molecule has 5 heterocycles. The van der Waals surface area contributed by atoms with Crippen LogP contribution in [-0.4, -0.2) is 24.5 Å². The lowest BCUT2D eigenvalue weighted by Gasteiger charge is -2.09. The van der Waals surface area contributed by atoms with Gasteiger partial charge in [-0.1, -0.05) is 30.3 Å². The Balaban J connectivity index is 1.31. The van der Waals surface area contributed by atoms with Crippen LogP contribution in [0.3, 0.4) is 0 Å². The van der Waals surface area contributed by atoms with E-state index in [9.17, 15) is 0 Å². The number of para-hydroxylation sites is 1. The molecule has 8 aromatic rings. The van der Waals surface area contributed by atoms with E-state index in [4.69, 9.17) is 0 Å². The Morgan fingerprint density at radius 3 is 1.40 bits per heavy atom. The van der Waals surface area contributed by atoms with E-state index in [0.717, 1.165) is 61.5 Å². The summed E-state index contributed by atoms with van der Waals surface area (Å²) in [4.78, 5) is 17.8. The van der Waals surface area contributed by atoms with Gasteiger partial charge in [0, 0.05) is 64.8 Å². The number of pyridine rings is 4. The number of fused-ring (bicyclic) bond motifs is 3. The Kier molecular flexibility index (Phi) is 6.05. The third kappa shape index (κ3) is 4.53. The van der Waals surface area contributed by atoms with E-state index in [0.29, 0.717) is 0 Å². The van der Waals surface area contributed by atoms with Gasteiger partial charge in [0.2, 0.25) is 0 Å². The van der Waals surface area contributed by atoms with Gasteiger partial charge in [-0.15, -0.1) is 0 Å². The van der Waals surface area contributed by atoms with Crippen LogP contribution >= 0.6 is 0 Å². The fourth-order valence-corrected chi connectivity index (χ4v) is 5.80. The molecule has 0 fully saturated rings. The van der Waals surface area contributed by atoms with Crippen molar-refractivity contribution >= 4 is 21.8 Å². The van der Waals surface area contributed by atoms with Crippen LogP contribution in [0, 0.1) is 0 Å². The van der Waals surface area contributed by atoms with Crippen molar-refractivity contribution in [2.75, 3.05) is 0 Å². The van der Waals surface area contributed by atoms with E-state index >= 15 is 0 Å². The fourth-order valence-electron chi connectivity index (χ4n) is 5.80. The minimum atomic E-state index is 0.904. The lowest BCUT2D eigenvalue weighted by molar-refractivity contribution is 1.18. The Morgan fingerprint density at radius 1 is 0.395 bits per heavy atom. The zero-order chi connectivity index (χ0) is 28.6. The van der Waals surface area contributed by atoms with Gasteiger partial charge in [0.05, 0.1) is 22.4 Å². The molecule has 0 aliphatic rings. The fraction of sp³-hybridized carbons (Fsp3) is 0. The van der Waals surface area contributed by atoms with Crippen LogP contribution < -0.4 is 0 Å². The molecular weight excluding hydrogens is 526 g/mol. The number of aromatic nitrogens is 5. The summed E-state index contributed by atoms with van der Waals surface area (Å²) in [6.07, 6.45) is 11.0. The van der Waals surface area contributed by atoms with Gasteiger partial charge >= 0.3 is 0 Å². The van der Waals surface area contributed by atoms with E-state index in [1.54, 1.807) is 12.4 Å². The van der Waals surface area contributed by atoms with Gasteiger partial charge in [0.25, 0.3) is 0 Å². The van der Waals surface area contributed by atoms with Gasteiger partial charge in [0.15, 0.2) is 0 Å². The predicted molar refractivity (Wildman–Crippen MR) is 174 cm³/mol. The molecule has 5 heteroatoms. The number of rotatable bonds is 5. The van der Waals surface area contributed by atoms with Crippen molar-refractivity contribution in [3.05, 3.63) is 152 Å². The molecule has 0 saturated heterocycles. The third-order valence-corrected chi connectivity index (χ3v) is 7.88. The van der Waals surface area contributed by atoms with Gasteiger partial charge in [-0.05, 0) is 107 Å². The SMILES string of the molecule is c1ccc(-n2c3ccc(-c4ccnc(-c5cccnc5)c4)cc3c3cc(-c4ccnc(-c5cccnc5)c4)ccc32)cc1. The molecule has 5 aromatic heterocycles. The van der Waals surface area contributed by atoms with E-state index in [1.807, 2.05) is 49.1 Å². The maximum absolute atomic E-state index is 4.61. The highest BCUT2D eigenvalue weighted by atomic mass is 15.0. The number of hydrogen-bond donors (Lipinski definition) is 0. The molecule has 3 aromatic carbocycles. The van der Waals surface area contributed by atoms with E-state index < -0.39 is 0 Å². The zero-order valence-corrected chi connectivity index (χ0v) is 23.2. The van der Waals surface area contributed by atoms with Gasteiger partial charge in [-0.2, -0.15) is 0 Å². The monoisotopic (exact) mass is 551 g/mol. The van der Waals surface area contributed by atoms with Crippen LogP contribution in [0.4, 0.5) is 0 Å². The number of benzene rings is 3. The molecule has 202 valence electrons. The second-order valence-electron chi connectivity index (χ2n) is 10.5. The van der Waals surface area contributed by atoms with Gasteiger partial charge in [-0.25, -0.2) is 0 Å². The maximum Gasteiger partial charge on any atom is 0.0723 e. The summed E-state index contributed by atoms with van der Waals surface area (Å²) in [7, 11) is 0. The molecule has 8 rings (SSSR count). The summed E-state index contributed by atoms with van der Waals surface area (Å²) in [6.45, 7) is 0. The quantitative estimate of drug-likeness (QED) is 0.214. The molecule has 43 heavy (non-hydrogen) atoms. The Morgan fingerprint density at radius 2 is 0.907 bits per heavy atom. The number of hydrogen-bond acceptors (Lipinski definition) is 4. The first-order chi connectivity index (χ1) is 21.3. The van der Waals surface area contributed by atoms with Crippen molar-refractivity contribution in [1.29, 1.82) is 0 Å². The van der Waals surface area contributed by atoms with Crippen molar-refractivity contribution in [3.8, 4) is 50.5 Å². The highest BCUT2D eigenvalue weighted by molar-refractivity contribution is 6.11. The predicted octanol–water partition coefficient (Wildman–Crippen LogP) is 9.03. The zero-order valence-electron chi connectivity index (χ0n) is 23.2. The minimum absolute atomic E-state index is 0.904. The smallest absolute Gasteiger partial charge is 0.0723 e. The van der Waals surface area contributed by atoms with Crippen LogP contribution in [0.2, 0.25) is 0 Å². The van der Waals surface area contributed by atoms with Crippen molar-refractivity contribution in [2.24, 2.45) is 0 Å². The average molecular weight is 552 g/mol. The normalized spacial score (nSPS) is 11.3. The lowest BCUT2D eigenvalue weighted by atomic mass is 9.99. The Labute approximate surface area is 248 Å². The van der Waals surface area contributed by atoms with Crippen molar-refractivity contribution < 1.29 is 0 Å². The van der Waals surface area contributed by atoms with Crippen molar-refractivity contribution in [3.63, 3.8) is 0 Å². The highest BCUT2D eigenvalue weighted by Gasteiger charge is 2.15.